The number of aryl methyl sites for hydroxylation is 2. The van der Waals surface area contributed by atoms with E-state index in [1.807, 2.05) is 41.3 Å². The molecule has 2 aromatic carbocycles. The van der Waals surface area contributed by atoms with Crippen molar-refractivity contribution in [2.45, 2.75) is 33.1 Å². The van der Waals surface area contributed by atoms with Crippen LogP contribution in [0, 0.1) is 0 Å². The van der Waals surface area contributed by atoms with Gasteiger partial charge in [0.1, 0.15) is 0 Å². The molecule has 0 bridgehead atoms. The number of anilines is 3. The third-order valence-electron chi connectivity index (χ3n) is 4.84. The number of carbonyl (C=O) groups is 2. The molecule has 0 fully saturated rings. The Morgan fingerprint density at radius 3 is 2.47 bits per heavy atom. The van der Waals surface area contributed by atoms with Crippen molar-refractivity contribution in [2.24, 2.45) is 0 Å². The lowest BCUT2D eigenvalue weighted by Crippen LogP contribution is -3.00. The van der Waals surface area contributed by atoms with Gasteiger partial charge in [-0.1, -0.05) is 24.3 Å². The maximum absolute atomic E-state index is 13.2. The number of nitrogens with zero attached hydrogens (tertiary/aromatic N) is 1. The number of hydrogen-bond acceptors (Lipinski definition) is 3. The quantitative estimate of drug-likeness (QED) is 0.578. The molecule has 0 spiro atoms. The molecule has 3 rings (SSSR count). The summed E-state index contributed by atoms with van der Waals surface area (Å²) in [6.07, 6.45) is 1.68. The van der Waals surface area contributed by atoms with Crippen molar-refractivity contribution in [1.82, 2.24) is 0 Å². The molecule has 30 heavy (non-hydrogen) atoms. The molecule has 7 nitrogen and oxygen atoms in total. The van der Waals surface area contributed by atoms with Crippen molar-refractivity contribution in [1.29, 1.82) is 0 Å². The Morgan fingerprint density at radius 2 is 1.77 bits per heavy atom. The minimum atomic E-state index is -0.494. The summed E-state index contributed by atoms with van der Waals surface area (Å²) in [5.74, 6) is 0.0635. The lowest BCUT2D eigenvalue weighted by Gasteiger charge is -2.25. The number of rotatable bonds is 6. The standard InChI is InChI=1S/C22H27N3O3.ClH.H2O/c1-3-23-14-13-21(26)25-19-8-6-5-7-16(19)9-10-17-11-12-18(15-20(17)25)24-22(27)28-4-2;;/h5-8,11-12,15,23H,3-4,9-10,13-14H2,1-2H3,(H,24,27);1H;1H2. The third-order valence-corrected chi connectivity index (χ3v) is 4.84. The van der Waals surface area contributed by atoms with Gasteiger partial charge in [0.15, 0.2) is 0 Å². The molecular weight excluding hydrogens is 406 g/mol. The van der Waals surface area contributed by atoms with Crippen LogP contribution in [0.25, 0.3) is 0 Å². The Labute approximate surface area is 183 Å². The number of ether oxygens (including phenoxy) is 1. The maximum Gasteiger partial charge on any atom is 0.411 e. The summed E-state index contributed by atoms with van der Waals surface area (Å²) in [5, 5.41) is 4.87. The van der Waals surface area contributed by atoms with E-state index in [1.54, 1.807) is 6.92 Å². The summed E-state index contributed by atoms with van der Waals surface area (Å²) >= 11 is 0. The summed E-state index contributed by atoms with van der Waals surface area (Å²) in [5.41, 5.74) is 4.64. The van der Waals surface area contributed by atoms with Gasteiger partial charge in [-0.15, -0.1) is 0 Å². The largest absolute Gasteiger partial charge is 1.00 e. The van der Waals surface area contributed by atoms with Crippen molar-refractivity contribution in [3.05, 3.63) is 53.6 Å². The lowest BCUT2D eigenvalue weighted by molar-refractivity contribution is -0.650. The van der Waals surface area contributed by atoms with E-state index >= 15 is 0 Å². The van der Waals surface area contributed by atoms with Crippen LogP contribution >= 0.6 is 0 Å². The molecule has 0 atom stereocenters. The molecule has 0 unspecified atom stereocenters. The number of halogens is 1. The Kier molecular flexibility index (Phi) is 10.3. The van der Waals surface area contributed by atoms with E-state index in [9.17, 15) is 9.59 Å². The minimum Gasteiger partial charge on any atom is -1.00 e. The molecular formula is C22H30ClN3O4. The van der Waals surface area contributed by atoms with Crippen LogP contribution in [-0.2, 0) is 22.4 Å². The smallest absolute Gasteiger partial charge is 0.411 e. The first kappa shape index (κ1) is 25.4. The van der Waals surface area contributed by atoms with Gasteiger partial charge in [-0.2, -0.15) is 0 Å². The van der Waals surface area contributed by atoms with Gasteiger partial charge in [-0.3, -0.25) is 15.0 Å². The highest BCUT2D eigenvalue weighted by atomic mass is 35.5. The first-order valence-electron chi connectivity index (χ1n) is 9.93. The second-order valence-electron chi connectivity index (χ2n) is 6.78. The van der Waals surface area contributed by atoms with Gasteiger partial charge in [0, 0.05) is 5.69 Å². The highest BCUT2D eigenvalue weighted by Gasteiger charge is 2.26. The number of fused-ring (bicyclic) bond motifs is 2. The fraction of sp³-hybridized carbons (Fsp3) is 0.364. The van der Waals surface area contributed by atoms with E-state index in [-0.39, 0.29) is 23.8 Å². The SMILES string of the molecule is CC[NH2+]CCC(=O)N1c2ccccc2CCc2ccc(NC(=O)OCC)cc21.O.[Cl-]. The molecule has 1 heterocycles. The molecule has 0 radical (unpaired) electrons. The Bertz CT molecular complexity index is 860. The van der Waals surface area contributed by atoms with Gasteiger partial charge in [-0.25, -0.2) is 4.79 Å². The fourth-order valence-corrected chi connectivity index (χ4v) is 3.50. The van der Waals surface area contributed by atoms with Crippen LogP contribution in [0.4, 0.5) is 21.9 Å². The number of benzene rings is 2. The Balaban J connectivity index is 0.00000225. The number of nitrogens with one attached hydrogen (secondary N) is 1. The van der Waals surface area contributed by atoms with Crippen LogP contribution in [0.3, 0.4) is 0 Å². The van der Waals surface area contributed by atoms with Crippen molar-refractivity contribution in [3.8, 4) is 0 Å². The van der Waals surface area contributed by atoms with Gasteiger partial charge in [0.05, 0.1) is 37.5 Å². The molecule has 2 amide bonds. The molecule has 2 aromatic rings. The van der Waals surface area contributed by atoms with Crippen LogP contribution in [-0.4, -0.2) is 37.2 Å². The summed E-state index contributed by atoms with van der Waals surface area (Å²) < 4.78 is 4.98. The minimum absolute atomic E-state index is 0. The zero-order chi connectivity index (χ0) is 19.9. The lowest BCUT2D eigenvalue weighted by atomic mass is 10.0. The first-order chi connectivity index (χ1) is 13.6. The molecule has 164 valence electrons. The molecule has 0 saturated carbocycles. The number of nitrogens with two attached hydrogens (primary N) is 1. The zero-order valence-electron chi connectivity index (χ0n) is 17.4. The van der Waals surface area contributed by atoms with Gasteiger partial charge >= 0.3 is 6.09 Å². The molecule has 1 aliphatic heterocycles. The van der Waals surface area contributed by atoms with Crippen LogP contribution in [0.2, 0.25) is 0 Å². The van der Waals surface area contributed by atoms with Crippen LogP contribution in [0.1, 0.15) is 31.4 Å². The van der Waals surface area contributed by atoms with Crippen molar-refractivity contribution >= 4 is 29.1 Å². The summed E-state index contributed by atoms with van der Waals surface area (Å²) in [7, 11) is 0. The van der Waals surface area contributed by atoms with Crippen molar-refractivity contribution in [3.63, 3.8) is 0 Å². The fourth-order valence-electron chi connectivity index (χ4n) is 3.50. The predicted molar refractivity (Wildman–Crippen MR) is 114 cm³/mol. The van der Waals surface area contributed by atoms with E-state index in [0.29, 0.717) is 18.7 Å². The van der Waals surface area contributed by atoms with Gasteiger partial charge < -0.3 is 27.9 Å². The van der Waals surface area contributed by atoms with E-state index in [1.165, 1.54) is 0 Å². The van der Waals surface area contributed by atoms with Crippen LogP contribution < -0.4 is 27.9 Å². The molecule has 1 aliphatic rings. The Morgan fingerprint density at radius 1 is 1.07 bits per heavy atom. The van der Waals surface area contributed by atoms with E-state index < -0.39 is 6.09 Å². The monoisotopic (exact) mass is 435 g/mol. The zero-order valence-corrected chi connectivity index (χ0v) is 18.2. The first-order valence-corrected chi connectivity index (χ1v) is 9.93. The highest BCUT2D eigenvalue weighted by molar-refractivity contribution is 6.03. The van der Waals surface area contributed by atoms with Crippen molar-refractivity contribution < 1.29 is 37.5 Å². The molecule has 0 aromatic heterocycles. The molecule has 5 N–H and O–H groups in total. The second-order valence-corrected chi connectivity index (χ2v) is 6.78. The summed E-state index contributed by atoms with van der Waals surface area (Å²) in [6.45, 7) is 5.86. The van der Waals surface area contributed by atoms with Gasteiger partial charge in [-0.05, 0) is 56.0 Å². The predicted octanol–water partition coefficient (Wildman–Crippen LogP) is -0.829. The normalized spacial score (nSPS) is 11.7. The highest BCUT2D eigenvalue weighted by Crippen LogP contribution is 2.38. The molecule has 8 heteroatoms. The van der Waals surface area contributed by atoms with E-state index in [0.717, 1.165) is 48.4 Å². The molecule has 0 saturated heterocycles. The Hall–Kier alpha value is -2.61. The second kappa shape index (κ2) is 12.2. The number of amides is 2. The average Bonchev–Trinajstić information content (AvgIpc) is 2.85. The average molecular weight is 436 g/mol. The summed E-state index contributed by atoms with van der Waals surface area (Å²) in [4.78, 5) is 26.8. The maximum atomic E-state index is 13.2. The van der Waals surface area contributed by atoms with Crippen LogP contribution in [0.5, 0.6) is 0 Å². The number of carbonyl (C=O) groups excluding carboxylic acids is 2. The number of hydrogen-bond donors (Lipinski definition) is 2. The van der Waals surface area contributed by atoms with Crippen molar-refractivity contribution in [2.75, 3.05) is 29.9 Å². The molecule has 0 aliphatic carbocycles. The number of quaternary nitrogens is 1. The summed E-state index contributed by atoms with van der Waals surface area (Å²) in [6, 6.07) is 13.8. The number of para-hydroxylation sites is 1. The van der Waals surface area contributed by atoms with E-state index in [4.69, 9.17) is 4.74 Å². The van der Waals surface area contributed by atoms with Gasteiger partial charge in [0.25, 0.3) is 0 Å². The van der Waals surface area contributed by atoms with Gasteiger partial charge in [0.2, 0.25) is 5.91 Å². The third kappa shape index (κ3) is 5.95. The van der Waals surface area contributed by atoms with Crippen LogP contribution in [0.15, 0.2) is 42.5 Å². The topological polar surface area (TPSA) is 107 Å². The van der Waals surface area contributed by atoms with E-state index in [2.05, 4.69) is 23.6 Å².